The van der Waals surface area contributed by atoms with Crippen LogP contribution in [0.3, 0.4) is 0 Å². The molecule has 100 valence electrons. The molecule has 0 bridgehead atoms. The summed E-state index contributed by atoms with van der Waals surface area (Å²) in [7, 11) is 0. The van der Waals surface area contributed by atoms with Gasteiger partial charge in [0.15, 0.2) is 5.75 Å². The number of benzene rings is 1. The Balaban J connectivity index is 2.44. The lowest BCUT2D eigenvalue weighted by atomic mass is 10.2. The molecule has 2 rings (SSSR count). The van der Waals surface area contributed by atoms with Crippen molar-refractivity contribution >= 4 is 5.69 Å². The molecule has 0 aliphatic carbocycles. The fourth-order valence-corrected chi connectivity index (χ4v) is 1.67. The van der Waals surface area contributed by atoms with Crippen LogP contribution in [0, 0.1) is 5.82 Å². The van der Waals surface area contributed by atoms with Crippen molar-refractivity contribution in [2.45, 2.75) is 13.3 Å². The third kappa shape index (κ3) is 2.76. The first-order chi connectivity index (χ1) is 9.13. The van der Waals surface area contributed by atoms with Crippen molar-refractivity contribution < 1.29 is 9.13 Å². The first-order valence-corrected chi connectivity index (χ1v) is 6.03. The molecule has 0 atom stereocenters. The normalized spacial score (nSPS) is 10.4. The molecule has 0 saturated carbocycles. The number of nitrogen functional groups attached to an aromatic ring is 1. The number of pyridine rings is 1. The van der Waals surface area contributed by atoms with Gasteiger partial charge in [-0.1, -0.05) is 6.92 Å². The minimum Gasteiger partial charge on any atom is -0.488 e. The summed E-state index contributed by atoms with van der Waals surface area (Å²) in [4.78, 5) is 12.2. The zero-order valence-electron chi connectivity index (χ0n) is 10.6. The largest absolute Gasteiger partial charge is 0.488 e. The Kier molecular flexibility index (Phi) is 3.85. The number of nitrogens with two attached hydrogens (primary N) is 1. The van der Waals surface area contributed by atoms with E-state index >= 15 is 0 Å². The predicted molar refractivity (Wildman–Crippen MR) is 72.2 cm³/mol. The molecule has 1 heterocycles. The number of nitrogens with zero attached hydrogens (tertiary/aromatic N) is 1. The molecular weight excluding hydrogens is 247 g/mol. The second kappa shape index (κ2) is 5.56. The van der Waals surface area contributed by atoms with Crippen LogP contribution in [-0.2, 0) is 0 Å². The number of aromatic nitrogens is 1. The fraction of sp³-hybridized carbons (Fsp3) is 0.214. The van der Waals surface area contributed by atoms with Gasteiger partial charge in [-0.2, -0.15) is 0 Å². The molecule has 19 heavy (non-hydrogen) atoms. The molecule has 1 aromatic heterocycles. The Bertz CT molecular complexity index is 638. The smallest absolute Gasteiger partial charge is 0.297 e. The van der Waals surface area contributed by atoms with E-state index in [2.05, 4.69) is 0 Å². The van der Waals surface area contributed by atoms with Crippen LogP contribution in [0.25, 0.3) is 5.69 Å². The lowest BCUT2D eigenvalue weighted by molar-refractivity contribution is 0.312. The van der Waals surface area contributed by atoms with Gasteiger partial charge in [-0.05, 0) is 30.7 Å². The van der Waals surface area contributed by atoms with Crippen molar-refractivity contribution in [3.63, 3.8) is 0 Å². The standard InChI is InChI=1S/C14H15FN2O2/c1-2-8-19-13-4-3-7-17(14(13)18)10-5-6-12(16)11(15)9-10/h3-7,9H,2,8,16H2,1H3. The number of rotatable bonds is 4. The number of halogens is 1. The van der Waals surface area contributed by atoms with Crippen LogP contribution in [0.2, 0.25) is 0 Å². The molecule has 5 heteroatoms. The van der Waals surface area contributed by atoms with Gasteiger partial charge in [0, 0.05) is 12.3 Å². The Hall–Kier alpha value is -2.30. The van der Waals surface area contributed by atoms with Crippen LogP contribution in [0.4, 0.5) is 10.1 Å². The van der Waals surface area contributed by atoms with Crippen molar-refractivity contribution in [2.24, 2.45) is 0 Å². The Labute approximate surface area is 110 Å². The van der Waals surface area contributed by atoms with Gasteiger partial charge in [0.25, 0.3) is 5.56 Å². The molecule has 1 aromatic carbocycles. The van der Waals surface area contributed by atoms with Crippen molar-refractivity contribution in [3.05, 3.63) is 52.7 Å². The van der Waals surface area contributed by atoms with Gasteiger partial charge in [-0.25, -0.2) is 4.39 Å². The Morgan fingerprint density at radius 2 is 2.16 bits per heavy atom. The van der Waals surface area contributed by atoms with Gasteiger partial charge in [-0.3, -0.25) is 9.36 Å². The molecule has 0 aliphatic rings. The molecule has 0 spiro atoms. The summed E-state index contributed by atoms with van der Waals surface area (Å²) < 4.78 is 20.1. The van der Waals surface area contributed by atoms with E-state index in [4.69, 9.17) is 10.5 Å². The lowest BCUT2D eigenvalue weighted by Crippen LogP contribution is -2.20. The summed E-state index contributed by atoms with van der Waals surface area (Å²) in [6.45, 7) is 2.42. The molecule has 0 aliphatic heterocycles. The van der Waals surface area contributed by atoms with Crippen molar-refractivity contribution in [3.8, 4) is 11.4 Å². The van der Waals surface area contributed by atoms with Crippen LogP contribution >= 0.6 is 0 Å². The first-order valence-electron chi connectivity index (χ1n) is 6.03. The molecule has 0 amide bonds. The third-order valence-corrected chi connectivity index (χ3v) is 2.64. The highest BCUT2D eigenvalue weighted by Gasteiger charge is 2.07. The minimum absolute atomic E-state index is 0.0511. The van der Waals surface area contributed by atoms with Crippen molar-refractivity contribution in [2.75, 3.05) is 12.3 Å². The number of hydrogen-bond acceptors (Lipinski definition) is 3. The van der Waals surface area contributed by atoms with Gasteiger partial charge in [0.05, 0.1) is 18.0 Å². The van der Waals surface area contributed by atoms with Crippen LogP contribution in [0.5, 0.6) is 5.75 Å². The van der Waals surface area contributed by atoms with Crippen molar-refractivity contribution in [1.29, 1.82) is 0 Å². The second-order valence-corrected chi connectivity index (χ2v) is 4.10. The molecule has 4 nitrogen and oxygen atoms in total. The van der Waals surface area contributed by atoms with E-state index in [1.165, 1.54) is 16.7 Å². The zero-order valence-corrected chi connectivity index (χ0v) is 10.6. The molecule has 0 radical (unpaired) electrons. The summed E-state index contributed by atoms with van der Waals surface area (Å²) in [5.74, 6) is -0.300. The predicted octanol–water partition coefficient (Wildman–Crippen LogP) is 2.35. The summed E-state index contributed by atoms with van der Waals surface area (Å²) in [6.07, 6.45) is 2.37. The molecule has 0 fully saturated rings. The maximum atomic E-state index is 13.4. The Morgan fingerprint density at radius 1 is 1.37 bits per heavy atom. The summed E-state index contributed by atoms with van der Waals surface area (Å²) in [5.41, 5.74) is 5.56. The van der Waals surface area contributed by atoms with Crippen LogP contribution in [-0.4, -0.2) is 11.2 Å². The highest BCUT2D eigenvalue weighted by Crippen LogP contribution is 2.15. The van der Waals surface area contributed by atoms with Crippen LogP contribution < -0.4 is 16.0 Å². The van der Waals surface area contributed by atoms with E-state index < -0.39 is 5.82 Å². The third-order valence-electron chi connectivity index (χ3n) is 2.64. The maximum Gasteiger partial charge on any atom is 0.297 e. The minimum atomic E-state index is -0.552. The lowest BCUT2D eigenvalue weighted by Gasteiger charge is -2.09. The topological polar surface area (TPSA) is 57.2 Å². The second-order valence-electron chi connectivity index (χ2n) is 4.10. The monoisotopic (exact) mass is 262 g/mol. The zero-order chi connectivity index (χ0) is 13.8. The van der Waals surface area contributed by atoms with Crippen LogP contribution in [0.15, 0.2) is 41.3 Å². The van der Waals surface area contributed by atoms with Gasteiger partial charge in [0.1, 0.15) is 5.82 Å². The van der Waals surface area contributed by atoms with E-state index in [1.807, 2.05) is 6.92 Å². The summed E-state index contributed by atoms with van der Waals surface area (Å²) in [5, 5.41) is 0. The highest BCUT2D eigenvalue weighted by molar-refractivity contribution is 5.47. The average molecular weight is 262 g/mol. The van der Waals surface area contributed by atoms with E-state index in [9.17, 15) is 9.18 Å². The number of anilines is 1. The first kappa shape index (κ1) is 13.1. The summed E-state index contributed by atoms with van der Waals surface area (Å²) in [6, 6.07) is 7.52. The van der Waals surface area contributed by atoms with E-state index in [1.54, 1.807) is 24.4 Å². The molecule has 2 N–H and O–H groups in total. The van der Waals surface area contributed by atoms with Crippen LogP contribution in [0.1, 0.15) is 13.3 Å². The van der Waals surface area contributed by atoms with Gasteiger partial charge < -0.3 is 10.5 Å². The highest BCUT2D eigenvalue weighted by atomic mass is 19.1. The average Bonchev–Trinajstić information content (AvgIpc) is 2.41. The van der Waals surface area contributed by atoms with E-state index in [-0.39, 0.29) is 17.0 Å². The van der Waals surface area contributed by atoms with Gasteiger partial charge >= 0.3 is 0 Å². The number of ether oxygens (including phenoxy) is 1. The summed E-state index contributed by atoms with van der Waals surface area (Å²) >= 11 is 0. The molecule has 2 aromatic rings. The van der Waals surface area contributed by atoms with Gasteiger partial charge in [-0.15, -0.1) is 0 Å². The molecule has 0 unspecified atom stereocenters. The van der Waals surface area contributed by atoms with E-state index in [0.717, 1.165) is 6.42 Å². The van der Waals surface area contributed by atoms with E-state index in [0.29, 0.717) is 12.3 Å². The quantitative estimate of drug-likeness (QED) is 0.860. The number of hydrogen-bond donors (Lipinski definition) is 1. The van der Waals surface area contributed by atoms with Gasteiger partial charge in [0.2, 0.25) is 0 Å². The molecular formula is C14H15FN2O2. The van der Waals surface area contributed by atoms with Crippen molar-refractivity contribution in [1.82, 2.24) is 4.57 Å². The SMILES string of the molecule is CCCOc1cccn(-c2ccc(N)c(F)c2)c1=O. The maximum absolute atomic E-state index is 13.4. The fourth-order valence-electron chi connectivity index (χ4n) is 1.67. The molecule has 0 saturated heterocycles. The Morgan fingerprint density at radius 3 is 2.84 bits per heavy atom.